The number of hydrogen-bond acceptors (Lipinski definition) is 2. The molecule has 1 aliphatic rings. The van der Waals surface area contributed by atoms with E-state index in [0.29, 0.717) is 12.5 Å². The smallest absolute Gasteiger partial charge is 0.224 e. The van der Waals surface area contributed by atoms with Gasteiger partial charge in [-0.2, -0.15) is 0 Å². The van der Waals surface area contributed by atoms with E-state index in [9.17, 15) is 4.79 Å². The van der Waals surface area contributed by atoms with Crippen LogP contribution in [-0.2, 0) is 17.6 Å². The van der Waals surface area contributed by atoms with Gasteiger partial charge in [0.15, 0.2) is 0 Å². The van der Waals surface area contributed by atoms with Gasteiger partial charge in [0.2, 0.25) is 5.91 Å². The van der Waals surface area contributed by atoms with Crippen molar-refractivity contribution in [1.82, 2.24) is 4.90 Å². The van der Waals surface area contributed by atoms with Crippen molar-refractivity contribution in [3.63, 3.8) is 0 Å². The van der Waals surface area contributed by atoms with E-state index in [-0.39, 0.29) is 5.91 Å². The Kier molecular flexibility index (Phi) is 7.77. The van der Waals surface area contributed by atoms with Crippen LogP contribution < -0.4 is 5.32 Å². The first-order valence-electron chi connectivity index (χ1n) is 9.83. The lowest BCUT2D eigenvalue weighted by molar-refractivity contribution is -0.116. The van der Waals surface area contributed by atoms with Gasteiger partial charge in [0, 0.05) is 18.2 Å². The van der Waals surface area contributed by atoms with Crippen LogP contribution in [0.25, 0.3) is 0 Å². The molecule has 3 nitrogen and oxygen atoms in total. The van der Waals surface area contributed by atoms with Crippen LogP contribution in [0.4, 0.5) is 5.69 Å². The van der Waals surface area contributed by atoms with Crippen LogP contribution in [0.3, 0.4) is 0 Å². The predicted octanol–water partition coefficient (Wildman–Crippen LogP) is 4.79. The van der Waals surface area contributed by atoms with Crippen molar-refractivity contribution < 1.29 is 4.79 Å². The summed E-state index contributed by atoms with van der Waals surface area (Å²) in [4.78, 5) is 14.6. The molecule has 3 heteroatoms. The van der Waals surface area contributed by atoms with E-state index < -0.39 is 0 Å². The number of amides is 1. The van der Waals surface area contributed by atoms with Crippen molar-refractivity contribution in [3.8, 4) is 0 Å². The summed E-state index contributed by atoms with van der Waals surface area (Å²) < 4.78 is 0. The van der Waals surface area contributed by atoms with E-state index in [4.69, 9.17) is 0 Å². The standard InChI is InChI=1S/C21H34N2O/c1-4-7-8-21(24)22-19-11-9-17-10-12-20(16-18(17)15-19)23(13-5-2)14-6-3/h9,11,15,20H,4-8,10,12-14,16H2,1-3H3,(H,22,24). The van der Waals surface area contributed by atoms with Gasteiger partial charge in [0.1, 0.15) is 0 Å². The Hall–Kier alpha value is -1.35. The Morgan fingerprint density at radius 3 is 2.54 bits per heavy atom. The molecule has 0 aromatic heterocycles. The summed E-state index contributed by atoms with van der Waals surface area (Å²) >= 11 is 0. The van der Waals surface area contributed by atoms with Gasteiger partial charge in [-0.15, -0.1) is 0 Å². The van der Waals surface area contributed by atoms with Gasteiger partial charge in [-0.05, 0) is 74.9 Å². The van der Waals surface area contributed by atoms with Gasteiger partial charge in [0.05, 0.1) is 0 Å². The third kappa shape index (κ3) is 5.34. The average Bonchev–Trinajstić information content (AvgIpc) is 2.59. The van der Waals surface area contributed by atoms with Crippen LogP contribution in [0.2, 0.25) is 0 Å². The van der Waals surface area contributed by atoms with Crippen LogP contribution in [-0.4, -0.2) is 29.9 Å². The minimum absolute atomic E-state index is 0.141. The highest BCUT2D eigenvalue weighted by Crippen LogP contribution is 2.27. The molecule has 0 saturated carbocycles. The second-order valence-electron chi connectivity index (χ2n) is 7.07. The molecule has 1 aromatic carbocycles. The quantitative estimate of drug-likeness (QED) is 0.706. The first-order chi connectivity index (χ1) is 11.7. The van der Waals surface area contributed by atoms with Gasteiger partial charge in [0.25, 0.3) is 0 Å². The van der Waals surface area contributed by atoms with E-state index in [1.807, 2.05) is 0 Å². The lowest BCUT2D eigenvalue weighted by Crippen LogP contribution is -2.40. The summed E-state index contributed by atoms with van der Waals surface area (Å²) in [7, 11) is 0. The molecular weight excluding hydrogens is 296 g/mol. The lowest BCUT2D eigenvalue weighted by atomic mass is 9.87. The Labute approximate surface area is 147 Å². The Morgan fingerprint density at radius 1 is 1.12 bits per heavy atom. The molecule has 134 valence electrons. The van der Waals surface area contributed by atoms with Crippen molar-refractivity contribution in [3.05, 3.63) is 29.3 Å². The van der Waals surface area contributed by atoms with Gasteiger partial charge in [-0.25, -0.2) is 0 Å². The largest absolute Gasteiger partial charge is 0.326 e. The number of aryl methyl sites for hydroxylation is 1. The van der Waals surface area contributed by atoms with Crippen molar-refractivity contribution in [2.24, 2.45) is 0 Å². The third-order valence-corrected chi connectivity index (χ3v) is 4.99. The molecule has 0 radical (unpaired) electrons. The second-order valence-corrected chi connectivity index (χ2v) is 7.07. The summed E-state index contributed by atoms with van der Waals surface area (Å²) in [5.41, 5.74) is 3.86. The number of carbonyl (C=O) groups is 1. The number of nitrogens with one attached hydrogen (secondary N) is 1. The molecule has 0 heterocycles. The van der Waals surface area contributed by atoms with Crippen LogP contribution in [0.1, 0.15) is 70.4 Å². The summed E-state index contributed by atoms with van der Waals surface area (Å²) in [6.07, 6.45) is 8.62. The van der Waals surface area contributed by atoms with Crippen molar-refractivity contribution in [2.75, 3.05) is 18.4 Å². The van der Waals surface area contributed by atoms with E-state index >= 15 is 0 Å². The highest BCUT2D eigenvalue weighted by atomic mass is 16.1. The fraction of sp³-hybridized carbons (Fsp3) is 0.667. The molecule has 1 amide bonds. The molecule has 0 bridgehead atoms. The monoisotopic (exact) mass is 330 g/mol. The van der Waals surface area contributed by atoms with Crippen molar-refractivity contribution >= 4 is 11.6 Å². The molecular formula is C21H34N2O. The molecule has 0 fully saturated rings. The molecule has 0 saturated heterocycles. The normalized spacial score (nSPS) is 16.9. The number of unbranched alkanes of at least 4 members (excludes halogenated alkanes) is 1. The third-order valence-electron chi connectivity index (χ3n) is 4.99. The molecule has 1 N–H and O–H groups in total. The first-order valence-corrected chi connectivity index (χ1v) is 9.83. The highest BCUT2D eigenvalue weighted by molar-refractivity contribution is 5.90. The minimum Gasteiger partial charge on any atom is -0.326 e. The lowest BCUT2D eigenvalue weighted by Gasteiger charge is -2.35. The summed E-state index contributed by atoms with van der Waals surface area (Å²) in [5.74, 6) is 0.141. The zero-order valence-electron chi connectivity index (χ0n) is 15.7. The highest BCUT2D eigenvalue weighted by Gasteiger charge is 2.23. The fourth-order valence-electron chi connectivity index (χ4n) is 3.74. The van der Waals surface area contributed by atoms with E-state index in [1.54, 1.807) is 0 Å². The topological polar surface area (TPSA) is 32.3 Å². The molecule has 24 heavy (non-hydrogen) atoms. The Balaban J connectivity index is 2.03. The summed E-state index contributed by atoms with van der Waals surface area (Å²) in [6, 6.07) is 7.15. The van der Waals surface area contributed by atoms with Gasteiger partial charge in [-0.1, -0.05) is 33.3 Å². The fourth-order valence-corrected chi connectivity index (χ4v) is 3.74. The average molecular weight is 331 g/mol. The second kappa shape index (κ2) is 9.83. The molecule has 1 atom stereocenters. The molecule has 1 unspecified atom stereocenters. The van der Waals surface area contributed by atoms with E-state index in [0.717, 1.165) is 31.4 Å². The molecule has 2 rings (SSSR count). The van der Waals surface area contributed by atoms with Crippen LogP contribution >= 0.6 is 0 Å². The first kappa shape index (κ1) is 19.0. The van der Waals surface area contributed by atoms with Crippen molar-refractivity contribution in [2.45, 2.75) is 78.2 Å². The summed E-state index contributed by atoms with van der Waals surface area (Å²) in [5, 5.41) is 3.07. The predicted molar refractivity (Wildman–Crippen MR) is 103 cm³/mol. The maximum absolute atomic E-state index is 12.0. The molecule has 0 spiro atoms. The number of fused-ring (bicyclic) bond motifs is 1. The van der Waals surface area contributed by atoms with Gasteiger partial charge < -0.3 is 10.2 Å². The van der Waals surface area contributed by atoms with Crippen LogP contribution in [0.15, 0.2) is 18.2 Å². The SMILES string of the molecule is CCCCC(=O)Nc1ccc2c(c1)CC(N(CCC)CCC)CC2. The van der Waals surface area contributed by atoms with E-state index in [2.05, 4.69) is 49.2 Å². The zero-order chi connectivity index (χ0) is 17.4. The van der Waals surface area contributed by atoms with Crippen LogP contribution in [0, 0.1) is 0 Å². The van der Waals surface area contributed by atoms with Crippen LogP contribution in [0.5, 0.6) is 0 Å². The molecule has 1 aliphatic carbocycles. The van der Waals surface area contributed by atoms with Crippen molar-refractivity contribution in [1.29, 1.82) is 0 Å². The Bertz CT molecular complexity index is 521. The zero-order valence-corrected chi connectivity index (χ0v) is 15.7. The number of nitrogens with zero attached hydrogens (tertiary/aromatic N) is 1. The molecule has 0 aliphatic heterocycles. The van der Waals surface area contributed by atoms with Gasteiger partial charge in [-0.3, -0.25) is 4.79 Å². The Morgan fingerprint density at radius 2 is 1.88 bits per heavy atom. The molecule has 1 aromatic rings. The number of benzene rings is 1. The number of rotatable bonds is 9. The van der Waals surface area contributed by atoms with E-state index in [1.165, 1.54) is 43.5 Å². The number of hydrogen-bond donors (Lipinski definition) is 1. The summed E-state index contributed by atoms with van der Waals surface area (Å²) in [6.45, 7) is 9.04. The maximum Gasteiger partial charge on any atom is 0.224 e. The van der Waals surface area contributed by atoms with Gasteiger partial charge >= 0.3 is 0 Å². The number of anilines is 1. The number of carbonyl (C=O) groups excluding carboxylic acids is 1. The minimum atomic E-state index is 0.141. The maximum atomic E-state index is 12.0.